The normalized spacial score (nSPS) is 18.3. The van der Waals surface area contributed by atoms with Crippen molar-refractivity contribution in [1.82, 2.24) is 0 Å². The van der Waals surface area contributed by atoms with E-state index in [0.29, 0.717) is 15.8 Å². The first-order chi connectivity index (χ1) is 6.72. The minimum Gasteiger partial charge on any atom is -0.411 e. The smallest absolute Gasteiger partial charge is 0.0871 e. The summed E-state index contributed by atoms with van der Waals surface area (Å²) in [5, 5.41) is 13.2. The van der Waals surface area contributed by atoms with Gasteiger partial charge >= 0.3 is 0 Å². The summed E-state index contributed by atoms with van der Waals surface area (Å²) in [6.45, 7) is 0. The summed E-state index contributed by atoms with van der Waals surface area (Å²) < 4.78 is 0. The molecule has 1 N–H and O–H groups in total. The van der Waals surface area contributed by atoms with Gasteiger partial charge in [-0.25, -0.2) is 0 Å². The van der Waals surface area contributed by atoms with E-state index in [9.17, 15) is 0 Å². The van der Waals surface area contributed by atoms with Crippen LogP contribution in [0, 0.1) is 0 Å². The van der Waals surface area contributed by atoms with Gasteiger partial charge < -0.3 is 5.21 Å². The van der Waals surface area contributed by atoms with Gasteiger partial charge in [0, 0.05) is 5.56 Å². The highest BCUT2D eigenvalue weighted by molar-refractivity contribution is 6.42. The van der Waals surface area contributed by atoms with E-state index in [-0.39, 0.29) is 0 Å². The Labute approximate surface area is 92.1 Å². The van der Waals surface area contributed by atoms with Gasteiger partial charge in [-0.05, 0) is 37.0 Å². The Balaban J connectivity index is 2.58. The molecule has 2 rings (SSSR count). The van der Waals surface area contributed by atoms with Crippen molar-refractivity contribution in [2.75, 3.05) is 0 Å². The van der Waals surface area contributed by atoms with E-state index in [0.717, 1.165) is 30.4 Å². The second-order valence-corrected chi connectivity index (χ2v) is 4.14. The standard InChI is InChI=1S/C10H9Cl2NO/c11-8-4-6-2-1-3-10(13-14)7(6)5-9(8)12/h4-5,14H,1-3H2/b13-10+. The number of hydrogen-bond donors (Lipinski definition) is 1. The molecule has 0 saturated carbocycles. The lowest BCUT2D eigenvalue weighted by Crippen LogP contribution is -2.11. The van der Waals surface area contributed by atoms with Crippen LogP contribution in [0.25, 0.3) is 0 Å². The molecule has 0 heterocycles. The van der Waals surface area contributed by atoms with Crippen LogP contribution in [0.3, 0.4) is 0 Å². The minimum atomic E-state index is 0.508. The van der Waals surface area contributed by atoms with Crippen LogP contribution in [-0.4, -0.2) is 10.9 Å². The SMILES string of the molecule is O/N=C1\CCCc2cc(Cl)c(Cl)cc21. The van der Waals surface area contributed by atoms with Crippen molar-refractivity contribution in [3.8, 4) is 0 Å². The molecule has 0 radical (unpaired) electrons. The number of benzene rings is 1. The second kappa shape index (κ2) is 3.79. The van der Waals surface area contributed by atoms with Crippen LogP contribution in [0.2, 0.25) is 10.0 Å². The van der Waals surface area contributed by atoms with E-state index in [4.69, 9.17) is 28.4 Å². The number of hydrogen-bond acceptors (Lipinski definition) is 2. The molecule has 4 heteroatoms. The predicted octanol–water partition coefficient (Wildman–Crippen LogP) is 3.51. The van der Waals surface area contributed by atoms with Crippen LogP contribution in [-0.2, 0) is 6.42 Å². The zero-order valence-electron chi connectivity index (χ0n) is 7.43. The Bertz CT molecular complexity index is 401. The third kappa shape index (κ3) is 1.60. The molecule has 74 valence electrons. The summed E-state index contributed by atoms with van der Waals surface area (Å²) in [7, 11) is 0. The molecule has 1 aliphatic carbocycles. The summed E-state index contributed by atoms with van der Waals surface area (Å²) in [4.78, 5) is 0. The maximum absolute atomic E-state index is 8.81. The van der Waals surface area contributed by atoms with E-state index < -0.39 is 0 Å². The summed E-state index contributed by atoms with van der Waals surface area (Å²) >= 11 is 11.8. The molecule has 1 aromatic carbocycles. The molecule has 0 unspecified atom stereocenters. The Morgan fingerprint density at radius 2 is 1.86 bits per heavy atom. The average Bonchev–Trinajstić information content (AvgIpc) is 2.19. The number of nitrogens with zero attached hydrogens (tertiary/aromatic N) is 1. The Hall–Kier alpha value is -0.730. The van der Waals surface area contributed by atoms with Crippen LogP contribution in [0.1, 0.15) is 24.0 Å². The van der Waals surface area contributed by atoms with Crippen molar-refractivity contribution in [2.24, 2.45) is 5.16 Å². The van der Waals surface area contributed by atoms with Crippen LogP contribution in [0.4, 0.5) is 0 Å². The molecule has 0 bridgehead atoms. The van der Waals surface area contributed by atoms with Gasteiger partial charge in [-0.3, -0.25) is 0 Å². The van der Waals surface area contributed by atoms with Gasteiger partial charge in [-0.2, -0.15) is 0 Å². The fourth-order valence-electron chi connectivity index (χ4n) is 1.75. The zero-order chi connectivity index (χ0) is 10.1. The Kier molecular flexibility index (Phi) is 2.66. The average molecular weight is 230 g/mol. The van der Waals surface area contributed by atoms with E-state index in [1.165, 1.54) is 0 Å². The highest BCUT2D eigenvalue weighted by atomic mass is 35.5. The molecule has 0 amide bonds. The van der Waals surface area contributed by atoms with Gasteiger partial charge in [-0.1, -0.05) is 28.4 Å². The van der Waals surface area contributed by atoms with Crippen LogP contribution >= 0.6 is 23.2 Å². The van der Waals surface area contributed by atoms with Gasteiger partial charge in [0.25, 0.3) is 0 Å². The highest BCUT2D eigenvalue weighted by Gasteiger charge is 2.17. The second-order valence-electron chi connectivity index (χ2n) is 3.32. The molecule has 1 aliphatic rings. The fraction of sp³-hybridized carbons (Fsp3) is 0.300. The molecule has 0 atom stereocenters. The highest BCUT2D eigenvalue weighted by Crippen LogP contribution is 2.30. The lowest BCUT2D eigenvalue weighted by molar-refractivity contribution is 0.317. The Morgan fingerprint density at radius 1 is 1.14 bits per heavy atom. The van der Waals surface area contributed by atoms with Crippen molar-refractivity contribution in [2.45, 2.75) is 19.3 Å². The maximum Gasteiger partial charge on any atom is 0.0871 e. The molecule has 1 aromatic rings. The first kappa shape index (κ1) is 9.81. The number of oxime groups is 1. The van der Waals surface area contributed by atoms with Crippen LogP contribution in [0.5, 0.6) is 0 Å². The van der Waals surface area contributed by atoms with Crippen molar-refractivity contribution >= 4 is 28.9 Å². The first-order valence-electron chi connectivity index (χ1n) is 4.41. The van der Waals surface area contributed by atoms with Crippen LogP contribution in [0.15, 0.2) is 17.3 Å². The topological polar surface area (TPSA) is 32.6 Å². The molecule has 0 spiro atoms. The number of fused-ring (bicyclic) bond motifs is 1. The number of rotatable bonds is 0. The van der Waals surface area contributed by atoms with Crippen LogP contribution < -0.4 is 0 Å². The van der Waals surface area contributed by atoms with Crippen molar-refractivity contribution in [3.05, 3.63) is 33.3 Å². The van der Waals surface area contributed by atoms with Gasteiger partial charge in [0.05, 0.1) is 15.8 Å². The molecule has 14 heavy (non-hydrogen) atoms. The largest absolute Gasteiger partial charge is 0.411 e. The van der Waals surface area contributed by atoms with E-state index in [1.54, 1.807) is 6.07 Å². The summed E-state index contributed by atoms with van der Waals surface area (Å²) in [6, 6.07) is 3.62. The molecular formula is C10H9Cl2NO. The van der Waals surface area contributed by atoms with E-state index in [2.05, 4.69) is 5.16 Å². The first-order valence-corrected chi connectivity index (χ1v) is 5.17. The van der Waals surface area contributed by atoms with Crippen molar-refractivity contribution < 1.29 is 5.21 Å². The molecule has 0 fully saturated rings. The van der Waals surface area contributed by atoms with E-state index in [1.807, 2.05) is 6.07 Å². The molecule has 0 aliphatic heterocycles. The molecule has 2 nitrogen and oxygen atoms in total. The number of halogens is 2. The lowest BCUT2D eigenvalue weighted by atomic mass is 9.90. The third-order valence-electron chi connectivity index (χ3n) is 2.44. The van der Waals surface area contributed by atoms with Gasteiger partial charge in [0.2, 0.25) is 0 Å². The lowest BCUT2D eigenvalue weighted by Gasteiger charge is -2.17. The van der Waals surface area contributed by atoms with Gasteiger partial charge in [0.15, 0.2) is 0 Å². The summed E-state index contributed by atoms with van der Waals surface area (Å²) in [6.07, 6.45) is 2.75. The summed E-state index contributed by atoms with van der Waals surface area (Å²) in [5.74, 6) is 0. The quantitative estimate of drug-likeness (QED) is 0.536. The third-order valence-corrected chi connectivity index (χ3v) is 3.16. The van der Waals surface area contributed by atoms with Gasteiger partial charge in [-0.15, -0.1) is 0 Å². The molecular weight excluding hydrogens is 221 g/mol. The maximum atomic E-state index is 8.81. The van der Waals surface area contributed by atoms with Crippen molar-refractivity contribution in [1.29, 1.82) is 0 Å². The minimum absolute atomic E-state index is 0.508. The Morgan fingerprint density at radius 3 is 2.57 bits per heavy atom. The summed E-state index contributed by atoms with van der Waals surface area (Å²) in [5.41, 5.74) is 2.73. The van der Waals surface area contributed by atoms with E-state index >= 15 is 0 Å². The fourth-order valence-corrected chi connectivity index (χ4v) is 2.10. The molecule has 0 aromatic heterocycles. The zero-order valence-corrected chi connectivity index (χ0v) is 8.94. The van der Waals surface area contributed by atoms with Gasteiger partial charge in [0.1, 0.15) is 0 Å². The number of aryl methyl sites for hydroxylation is 1. The molecule has 0 saturated heterocycles. The van der Waals surface area contributed by atoms with Crippen molar-refractivity contribution in [3.63, 3.8) is 0 Å². The monoisotopic (exact) mass is 229 g/mol. The predicted molar refractivity (Wildman–Crippen MR) is 57.7 cm³/mol.